The summed E-state index contributed by atoms with van der Waals surface area (Å²) < 4.78 is 17.0. The zero-order chi connectivity index (χ0) is 21.6. The van der Waals surface area contributed by atoms with E-state index < -0.39 is 35.7 Å². The largest absolute Gasteiger partial charge is 0.471 e. The fourth-order valence-electron chi connectivity index (χ4n) is 4.75. The second kappa shape index (κ2) is 5.77. The predicted molar refractivity (Wildman–Crippen MR) is 115 cm³/mol. The van der Waals surface area contributed by atoms with E-state index in [2.05, 4.69) is 6.58 Å². The Labute approximate surface area is 175 Å². The molecule has 6 rings (SSSR count). The van der Waals surface area contributed by atoms with Crippen molar-refractivity contribution in [2.75, 3.05) is 0 Å². The van der Waals surface area contributed by atoms with Gasteiger partial charge in [-0.1, -0.05) is 43.9 Å². The fraction of sp³-hybridized carbons (Fsp3) is 0.455. The van der Waals surface area contributed by atoms with Gasteiger partial charge in [0.2, 0.25) is 0 Å². The van der Waals surface area contributed by atoms with Crippen LogP contribution in [0.25, 0.3) is 5.69 Å². The lowest BCUT2D eigenvalue weighted by Gasteiger charge is -2.49. The highest BCUT2D eigenvalue weighted by molar-refractivity contribution is 6.51. The summed E-state index contributed by atoms with van der Waals surface area (Å²) in [7, 11) is -0.594. The van der Waals surface area contributed by atoms with Crippen molar-refractivity contribution in [3.63, 3.8) is 0 Å². The molecule has 2 aromatic rings. The monoisotopic (exact) mass is 407 g/mol. The SMILES string of the molecule is C=C1C2C=C[C@H](n3c(=O)n(-c4ccccc4)c(=O)n32)[C@]1(C)B1OC(C)(C)C(C)(C)O1. The first-order chi connectivity index (χ1) is 14.0. The van der Waals surface area contributed by atoms with Gasteiger partial charge in [0.15, 0.2) is 0 Å². The number of para-hydroxylation sites is 1. The van der Waals surface area contributed by atoms with Crippen LogP contribution in [0.15, 0.2) is 64.2 Å². The van der Waals surface area contributed by atoms with E-state index in [0.29, 0.717) is 5.69 Å². The van der Waals surface area contributed by atoms with Gasteiger partial charge < -0.3 is 9.31 Å². The smallest absolute Gasteiger partial charge is 0.403 e. The normalized spacial score (nSPS) is 30.7. The number of fused-ring (bicyclic) bond motifs is 1. The van der Waals surface area contributed by atoms with Gasteiger partial charge in [0.05, 0.1) is 34.3 Å². The Bertz CT molecular complexity index is 1190. The second-order valence-corrected chi connectivity index (χ2v) is 9.60. The lowest BCUT2D eigenvalue weighted by Crippen LogP contribution is -2.53. The summed E-state index contributed by atoms with van der Waals surface area (Å²) in [5.74, 6) is 0. The standard InChI is InChI=1S/C22H26BN3O4/c1-14-16-12-13-17(22(14,6)23-29-20(2,3)21(4,5)30-23)26-19(28)24(18(27)25(16)26)15-10-8-7-9-11-15/h7-13,16-17H,1H2,2-6H3/t16?,17-,22+/m0/s1. The van der Waals surface area contributed by atoms with Gasteiger partial charge in [-0.25, -0.2) is 23.5 Å². The predicted octanol–water partition coefficient (Wildman–Crippen LogP) is 2.88. The maximum absolute atomic E-state index is 13.4. The third-order valence-electron chi connectivity index (χ3n) is 7.43. The Balaban J connectivity index is 1.70. The molecule has 3 aliphatic heterocycles. The molecule has 1 aliphatic carbocycles. The molecule has 8 heteroatoms. The Hall–Kier alpha value is -2.58. The molecule has 1 saturated heterocycles. The third-order valence-corrected chi connectivity index (χ3v) is 7.43. The number of rotatable bonds is 2. The van der Waals surface area contributed by atoms with Gasteiger partial charge >= 0.3 is 18.5 Å². The molecular weight excluding hydrogens is 381 g/mol. The fourth-order valence-corrected chi connectivity index (χ4v) is 4.75. The lowest BCUT2D eigenvalue weighted by molar-refractivity contribution is 0.00578. The minimum atomic E-state index is -0.705. The summed E-state index contributed by atoms with van der Waals surface area (Å²) in [6.45, 7) is 14.4. The zero-order valence-electron chi connectivity index (χ0n) is 18.0. The van der Waals surface area contributed by atoms with Gasteiger partial charge in [-0.3, -0.25) is 0 Å². The van der Waals surface area contributed by atoms with Crippen molar-refractivity contribution in [1.82, 2.24) is 13.9 Å². The summed E-state index contributed by atoms with van der Waals surface area (Å²) in [5, 5.41) is -0.705. The van der Waals surface area contributed by atoms with E-state index in [1.54, 1.807) is 16.8 Å². The number of benzene rings is 1. The average Bonchev–Trinajstić information content (AvgIpc) is 3.09. The van der Waals surface area contributed by atoms with E-state index >= 15 is 0 Å². The van der Waals surface area contributed by atoms with Crippen LogP contribution in [-0.4, -0.2) is 32.3 Å². The number of hydrogen-bond donors (Lipinski definition) is 0. The minimum Gasteiger partial charge on any atom is -0.403 e. The molecule has 3 atom stereocenters. The van der Waals surface area contributed by atoms with Crippen LogP contribution < -0.4 is 11.4 Å². The molecule has 0 saturated carbocycles. The van der Waals surface area contributed by atoms with Gasteiger partial charge in [0.25, 0.3) is 0 Å². The van der Waals surface area contributed by atoms with Crippen LogP contribution in [0.4, 0.5) is 0 Å². The van der Waals surface area contributed by atoms with Gasteiger partial charge in [0.1, 0.15) is 0 Å². The summed E-state index contributed by atoms with van der Waals surface area (Å²) >= 11 is 0. The number of allylic oxidation sites excluding steroid dienone is 3. The summed E-state index contributed by atoms with van der Waals surface area (Å²) in [4.78, 5) is 26.7. The molecular formula is C22H26BN3O4. The van der Waals surface area contributed by atoms with Gasteiger partial charge in [-0.2, -0.15) is 0 Å². The van der Waals surface area contributed by atoms with Crippen LogP contribution in [0.2, 0.25) is 5.31 Å². The Morgan fingerprint density at radius 1 is 0.900 bits per heavy atom. The molecule has 1 aromatic heterocycles. The van der Waals surface area contributed by atoms with E-state index in [4.69, 9.17) is 9.31 Å². The Morgan fingerprint density at radius 3 is 2.07 bits per heavy atom. The summed E-state index contributed by atoms with van der Waals surface area (Å²) in [6.07, 6.45) is 3.91. The topological polar surface area (TPSA) is 67.4 Å². The molecule has 7 nitrogen and oxygen atoms in total. The Kier molecular flexibility index (Phi) is 3.73. The van der Waals surface area contributed by atoms with Crippen LogP contribution in [0.5, 0.6) is 0 Å². The van der Waals surface area contributed by atoms with E-state index in [9.17, 15) is 9.59 Å². The molecule has 1 aromatic carbocycles. The molecule has 0 N–H and O–H groups in total. The van der Waals surface area contributed by atoms with Crippen LogP contribution in [0.1, 0.15) is 46.7 Å². The quantitative estimate of drug-likeness (QED) is 0.567. The van der Waals surface area contributed by atoms with Crippen molar-refractivity contribution in [3.05, 3.63) is 75.6 Å². The highest BCUT2D eigenvalue weighted by Gasteiger charge is 2.64. The third kappa shape index (κ3) is 2.18. The van der Waals surface area contributed by atoms with Gasteiger partial charge in [0, 0.05) is 0 Å². The van der Waals surface area contributed by atoms with Gasteiger partial charge in [-0.05, 0) is 45.4 Å². The van der Waals surface area contributed by atoms with E-state index in [-0.39, 0.29) is 11.4 Å². The molecule has 4 aliphatic rings. The van der Waals surface area contributed by atoms with Crippen molar-refractivity contribution in [1.29, 1.82) is 0 Å². The van der Waals surface area contributed by atoms with Crippen LogP contribution in [-0.2, 0) is 9.31 Å². The van der Waals surface area contributed by atoms with Crippen molar-refractivity contribution in [2.45, 2.75) is 63.2 Å². The number of hydrogen-bond acceptors (Lipinski definition) is 4. The molecule has 2 bridgehead atoms. The summed E-state index contributed by atoms with van der Waals surface area (Å²) in [5.41, 5.74) is -0.419. The van der Waals surface area contributed by atoms with Crippen LogP contribution in [0, 0.1) is 0 Å². The highest BCUT2D eigenvalue weighted by Crippen LogP contribution is 2.60. The molecule has 0 radical (unpaired) electrons. The van der Waals surface area contributed by atoms with Crippen molar-refractivity contribution >= 4 is 7.12 Å². The second-order valence-electron chi connectivity index (χ2n) is 9.60. The van der Waals surface area contributed by atoms with Crippen LogP contribution in [0.3, 0.4) is 0 Å². The summed E-state index contributed by atoms with van der Waals surface area (Å²) in [6, 6.07) is 8.09. The molecule has 1 unspecified atom stereocenters. The molecule has 30 heavy (non-hydrogen) atoms. The number of nitrogens with zero attached hydrogens (tertiary/aromatic N) is 3. The molecule has 0 spiro atoms. The van der Waals surface area contributed by atoms with Crippen molar-refractivity contribution in [3.8, 4) is 5.69 Å². The minimum absolute atomic E-state index is 0.373. The van der Waals surface area contributed by atoms with Gasteiger partial charge in [-0.15, -0.1) is 0 Å². The lowest BCUT2D eigenvalue weighted by atomic mass is 9.48. The average molecular weight is 407 g/mol. The first-order valence-corrected chi connectivity index (χ1v) is 10.3. The van der Waals surface area contributed by atoms with E-state index in [1.807, 2.05) is 65.0 Å². The first-order valence-electron chi connectivity index (χ1n) is 10.3. The number of aromatic nitrogens is 3. The van der Waals surface area contributed by atoms with Crippen molar-refractivity contribution in [2.24, 2.45) is 0 Å². The molecule has 1 fully saturated rings. The molecule has 156 valence electrons. The first kappa shape index (κ1) is 19.4. The zero-order valence-corrected chi connectivity index (χ0v) is 18.0. The van der Waals surface area contributed by atoms with Crippen molar-refractivity contribution < 1.29 is 9.31 Å². The highest BCUT2D eigenvalue weighted by atomic mass is 16.7. The van der Waals surface area contributed by atoms with E-state index in [0.717, 1.165) is 5.57 Å². The Morgan fingerprint density at radius 2 is 1.47 bits per heavy atom. The molecule has 0 amide bonds. The maximum atomic E-state index is 13.4. The maximum Gasteiger partial charge on any atom is 0.471 e. The molecule has 4 heterocycles. The van der Waals surface area contributed by atoms with E-state index in [1.165, 1.54) is 9.25 Å². The van der Waals surface area contributed by atoms with Crippen LogP contribution >= 0.6 is 0 Å².